The molecule has 0 bridgehead atoms. The van der Waals surface area contributed by atoms with Crippen molar-refractivity contribution in [1.29, 1.82) is 0 Å². The lowest BCUT2D eigenvalue weighted by Gasteiger charge is -2.19. The molecule has 1 amide bonds. The molecule has 0 saturated heterocycles. The monoisotopic (exact) mass is 347 g/mol. The number of H-pyrrole nitrogens is 1. The summed E-state index contributed by atoms with van der Waals surface area (Å²) in [6, 6.07) is 10.9. The van der Waals surface area contributed by atoms with E-state index in [0.29, 0.717) is 11.6 Å². The second kappa shape index (κ2) is 8.54. The maximum Gasteiger partial charge on any atom is 0.255 e. The van der Waals surface area contributed by atoms with E-state index in [0.717, 1.165) is 5.56 Å². The Labute approximate surface area is 145 Å². The van der Waals surface area contributed by atoms with Crippen LogP contribution in [0.15, 0.2) is 46.3 Å². The minimum Gasteiger partial charge on any atom is -0.481 e. The number of hydrogen-bond acceptors (Lipinski definition) is 5. The summed E-state index contributed by atoms with van der Waals surface area (Å²) in [5.41, 5.74) is 0.732. The molecule has 6 nitrogen and oxygen atoms in total. The van der Waals surface area contributed by atoms with Crippen molar-refractivity contribution in [3.05, 3.63) is 52.3 Å². The highest BCUT2D eigenvalue weighted by atomic mass is 32.2. The number of thioether (sulfide) groups is 1. The maximum absolute atomic E-state index is 12.5. The second-order valence-electron chi connectivity index (χ2n) is 5.25. The van der Waals surface area contributed by atoms with Crippen molar-refractivity contribution in [2.45, 2.75) is 36.7 Å². The average Bonchev–Trinajstić information content (AvgIpc) is 2.59. The van der Waals surface area contributed by atoms with Crippen molar-refractivity contribution in [1.82, 2.24) is 15.3 Å². The number of aromatic nitrogens is 2. The van der Waals surface area contributed by atoms with Gasteiger partial charge in [-0.05, 0) is 18.9 Å². The van der Waals surface area contributed by atoms with Gasteiger partial charge in [-0.15, -0.1) is 0 Å². The highest BCUT2D eigenvalue weighted by molar-refractivity contribution is 8.00. The van der Waals surface area contributed by atoms with Crippen LogP contribution in [0.25, 0.3) is 0 Å². The minimum atomic E-state index is -0.355. The van der Waals surface area contributed by atoms with Crippen LogP contribution >= 0.6 is 11.8 Å². The molecule has 2 atom stereocenters. The van der Waals surface area contributed by atoms with Gasteiger partial charge in [0.15, 0.2) is 5.16 Å². The number of nitrogens with zero attached hydrogens (tertiary/aromatic N) is 1. The molecule has 0 aliphatic rings. The summed E-state index contributed by atoms with van der Waals surface area (Å²) < 4.78 is 4.99. The highest BCUT2D eigenvalue weighted by Gasteiger charge is 2.21. The van der Waals surface area contributed by atoms with Gasteiger partial charge in [0.25, 0.3) is 5.56 Å². The summed E-state index contributed by atoms with van der Waals surface area (Å²) in [5.74, 6) is 0.137. The summed E-state index contributed by atoms with van der Waals surface area (Å²) in [5, 5.41) is 3.01. The lowest BCUT2D eigenvalue weighted by molar-refractivity contribution is -0.121. The van der Waals surface area contributed by atoms with E-state index in [2.05, 4.69) is 15.3 Å². The third-order valence-corrected chi connectivity index (χ3v) is 4.73. The van der Waals surface area contributed by atoms with E-state index >= 15 is 0 Å². The van der Waals surface area contributed by atoms with E-state index in [4.69, 9.17) is 4.74 Å². The molecule has 1 aromatic carbocycles. The number of methoxy groups -OCH3 is 1. The minimum absolute atomic E-state index is 0.0920. The maximum atomic E-state index is 12.5. The number of amides is 1. The van der Waals surface area contributed by atoms with E-state index < -0.39 is 0 Å². The van der Waals surface area contributed by atoms with Crippen LogP contribution in [0.1, 0.15) is 31.9 Å². The molecule has 1 heterocycles. The van der Waals surface area contributed by atoms with Gasteiger partial charge in [-0.25, -0.2) is 0 Å². The van der Waals surface area contributed by atoms with Crippen LogP contribution in [-0.4, -0.2) is 28.2 Å². The van der Waals surface area contributed by atoms with Crippen LogP contribution in [0.4, 0.5) is 0 Å². The lowest BCUT2D eigenvalue weighted by Crippen LogP contribution is -2.34. The Kier molecular flexibility index (Phi) is 6.43. The Morgan fingerprint density at radius 1 is 1.38 bits per heavy atom. The van der Waals surface area contributed by atoms with Crippen molar-refractivity contribution in [2.24, 2.45) is 0 Å². The van der Waals surface area contributed by atoms with Crippen LogP contribution in [0.5, 0.6) is 5.88 Å². The van der Waals surface area contributed by atoms with Gasteiger partial charge in [-0.1, -0.05) is 49.0 Å². The molecule has 0 spiro atoms. The molecule has 2 unspecified atom stereocenters. The topological polar surface area (TPSA) is 84.1 Å². The normalized spacial score (nSPS) is 13.1. The summed E-state index contributed by atoms with van der Waals surface area (Å²) in [4.78, 5) is 30.9. The number of ether oxygens (including phenoxy) is 1. The average molecular weight is 347 g/mol. The number of carbonyl (C=O) groups excluding carboxylic acids is 1. The van der Waals surface area contributed by atoms with Gasteiger partial charge in [0.1, 0.15) is 0 Å². The van der Waals surface area contributed by atoms with Gasteiger partial charge in [0, 0.05) is 0 Å². The van der Waals surface area contributed by atoms with Gasteiger partial charge < -0.3 is 15.0 Å². The molecule has 24 heavy (non-hydrogen) atoms. The van der Waals surface area contributed by atoms with Crippen LogP contribution in [-0.2, 0) is 4.79 Å². The predicted molar refractivity (Wildman–Crippen MR) is 94.3 cm³/mol. The van der Waals surface area contributed by atoms with Crippen molar-refractivity contribution in [3.63, 3.8) is 0 Å². The molecule has 0 saturated carbocycles. The van der Waals surface area contributed by atoms with Gasteiger partial charge in [0.05, 0.1) is 24.5 Å². The number of hydrogen-bond donors (Lipinski definition) is 2. The number of nitrogens with one attached hydrogen (secondary N) is 2. The van der Waals surface area contributed by atoms with Gasteiger partial charge in [0.2, 0.25) is 11.8 Å². The zero-order chi connectivity index (χ0) is 17.5. The molecule has 0 aliphatic heterocycles. The van der Waals surface area contributed by atoms with Crippen LogP contribution in [0.3, 0.4) is 0 Å². The molecular weight excluding hydrogens is 326 g/mol. The van der Waals surface area contributed by atoms with E-state index in [-0.39, 0.29) is 28.6 Å². The fourth-order valence-electron chi connectivity index (χ4n) is 2.16. The lowest BCUT2D eigenvalue weighted by atomic mass is 10.1. The van der Waals surface area contributed by atoms with E-state index in [1.54, 1.807) is 0 Å². The smallest absolute Gasteiger partial charge is 0.255 e. The number of aromatic amines is 1. The summed E-state index contributed by atoms with van der Waals surface area (Å²) in [7, 11) is 1.45. The SMILES string of the molecule is CCC(Sc1nc(OC)cc(=O)[nH]1)C(=O)NC(C)c1ccccc1. The number of rotatable bonds is 7. The Morgan fingerprint density at radius 2 is 2.08 bits per heavy atom. The number of benzene rings is 1. The van der Waals surface area contributed by atoms with Crippen LogP contribution < -0.4 is 15.6 Å². The molecular formula is C17H21N3O3S. The van der Waals surface area contributed by atoms with Crippen molar-refractivity contribution < 1.29 is 9.53 Å². The van der Waals surface area contributed by atoms with Crippen LogP contribution in [0, 0.1) is 0 Å². The zero-order valence-electron chi connectivity index (χ0n) is 13.9. The van der Waals surface area contributed by atoms with Gasteiger partial charge in [-0.2, -0.15) is 4.98 Å². The standard InChI is InChI=1S/C17H21N3O3S/c1-4-13(24-17-19-14(21)10-15(20-17)23-3)16(22)18-11(2)12-8-6-5-7-9-12/h5-11,13H,4H2,1-3H3,(H,18,22)(H,19,20,21). The Balaban J connectivity index is 2.06. The summed E-state index contributed by atoms with van der Waals surface area (Å²) in [6.45, 7) is 3.86. The third-order valence-electron chi connectivity index (χ3n) is 3.48. The molecule has 0 fully saturated rings. The first-order valence-electron chi connectivity index (χ1n) is 7.70. The second-order valence-corrected chi connectivity index (χ2v) is 6.44. The Hall–Kier alpha value is -2.28. The van der Waals surface area contributed by atoms with E-state index in [9.17, 15) is 9.59 Å². The van der Waals surface area contributed by atoms with Crippen molar-refractivity contribution >= 4 is 17.7 Å². The largest absolute Gasteiger partial charge is 0.481 e. The Morgan fingerprint density at radius 3 is 2.71 bits per heavy atom. The first-order chi connectivity index (χ1) is 11.5. The first kappa shape index (κ1) is 18.1. The fraction of sp³-hybridized carbons (Fsp3) is 0.353. The molecule has 0 aliphatic carbocycles. The molecule has 7 heteroatoms. The molecule has 0 radical (unpaired) electrons. The quantitative estimate of drug-likeness (QED) is 0.594. The molecule has 1 aromatic heterocycles. The van der Waals surface area contributed by atoms with E-state index in [1.165, 1.54) is 24.9 Å². The summed E-state index contributed by atoms with van der Waals surface area (Å²) in [6.07, 6.45) is 0.610. The summed E-state index contributed by atoms with van der Waals surface area (Å²) >= 11 is 1.22. The zero-order valence-corrected chi connectivity index (χ0v) is 14.7. The van der Waals surface area contributed by atoms with Crippen molar-refractivity contribution in [3.8, 4) is 5.88 Å². The first-order valence-corrected chi connectivity index (χ1v) is 8.58. The van der Waals surface area contributed by atoms with Gasteiger partial charge >= 0.3 is 0 Å². The Bertz CT molecular complexity index is 733. The highest BCUT2D eigenvalue weighted by Crippen LogP contribution is 2.23. The third kappa shape index (κ3) is 4.86. The van der Waals surface area contributed by atoms with Gasteiger partial charge in [-0.3, -0.25) is 9.59 Å². The van der Waals surface area contributed by atoms with Crippen molar-refractivity contribution in [2.75, 3.05) is 7.11 Å². The number of carbonyl (C=O) groups is 1. The molecule has 2 rings (SSSR count). The molecule has 2 N–H and O–H groups in total. The predicted octanol–water partition coefficient (Wildman–Crippen LogP) is 2.53. The molecule has 128 valence electrons. The fourth-order valence-corrected chi connectivity index (χ4v) is 3.08. The van der Waals surface area contributed by atoms with Crippen LogP contribution in [0.2, 0.25) is 0 Å². The molecule has 2 aromatic rings. The van der Waals surface area contributed by atoms with E-state index in [1.807, 2.05) is 44.2 Å².